The van der Waals surface area contributed by atoms with Gasteiger partial charge >= 0.3 is 17.9 Å². The number of hydrogen-bond acceptors (Lipinski definition) is 6. The van der Waals surface area contributed by atoms with Crippen LogP contribution in [0.3, 0.4) is 0 Å². The molecule has 1 atom stereocenters. The summed E-state index contributed by atoms with van der Waals surface area (Å²) in [5.74, 6) is -0.983. The summed E-state index contributed by atoms with van der Waals surface area (Å²) >= 11 is 0. The van der Waals surface area contributed by atoms with E-state index in [0.29, 0.717) is 19.3 Å². The van der Waals surface area contributed by atoms with Crippen LogP contribution in [0.25, 0.3) is 0 Å². The average Bonchev–Trinajstić information content (AvgIpc) is 3.44. The molecule has 0 fully saturated rings. The first-order valence-corrected chi connectivity index (χ1v) is 32.2. The van der Waals surface area contributed by atoms with E-state index in [-0.39, 0.29) is 37.5 Å². The molecule has 0 amide bonds. The van der Waals surface area contributed by atoms with Gasteiger partial charge in [-0.25, -0.2) is 0 Å². The molecule has 0 bridgehead atoms. The minimum Gasteiger partial charge on any atom is -0.462 e. The Hall–Kier alpha value is -4.45. The molecule has 0 saturated carbocycles. The molecule has 0 spiro atoms. The lowest BCUT2D eigenvalue weighted by Crippen LogP contribution is -2.30. The predicted molar refractivity (Wildman–Crippen MR) is 339 cm³/mol. The number of ether oxygens (including phenoxy) is 3. The molecule has 0 aromatic heterocycles. The van der Waals surface area contributed by atoms with Gasteiger partial charge in [0.25, 0.3) is 0 Å². The SMILES string of the molecule is CC/C=C\C/C=C\C/C=C\C/C=C\C/C=C\C/C=C\C/C=C\CCCC(=O)OCC(COC(=O)CCCCCCCCC/C=C\CCCCCCCCC)OC(=O)CCCCCCCC/C=C\C/C=C\C/C=C\CCCCC. The predicted octanol–water partition coefficient (Wildman–Crippen LogP) is 22.2. The van der Waals surface area contributed by atoms with E-state index in [1.165, 1.54) is 122 Å². The van der Waals surface area contributed by atoms with Gasteiger partial charge in [-0.05, 0) is 135 Å². The summed E-state index contributed by atoms with van der Waals surface area (Å²) in [7, 11) is 0. The second kappa shape index (κ2) is 65.1. The van der Waals surface area contributed by atoms with Crippen molar-refractivity contribution in [3.05, 3.63) is 134 Å². The molecule has 0 aromatic rings. The normalized spacial score (nSPS) is 13.0. The summed E-state index contributed by atoms with van der Waals surface area (Å²) in [6.07, 6.45) is 91.7. The molecule has 78 heavy (non-hydrogen) atoms. The van der Waals surface area contributed by atoms with Crippen molar-refractivity contribution in [2.45, 2.75) is 290 Å². The summed E-state index contributed by atoms with van der Waals surface area (Å²) in [5, 5.41) is 0. The van der Waals surface area contributed by atoms with Gasteiger partial charge in [0.1, 0.15) is 13.2 Å². The molecular formula is C72H118O6. The van der Waals surface area contributed by atoms with Crippen molar-refractivity contribution in [3.63, 3.8) is 0 Å². The van der Waals surface area contributed by atoms with Crippen molar-refractivity contribution in [3.8, 4) is 0 Å². The number of allylic oxidation sites excluding steroid dienone is 22. The highest BCUT2D eigenvalue weighted by molar-refractivity contribution is 5.71. The monoisotopic (exact) mass is 1080 g/mol. The van der Waals surface area contributed by atoms with Gasteiger partial charge in [0.05, 0.1) is 0 Å². The Morgan fingerprint density at radius 2 is 0.513 bits per heavy atom. The van der Waals surface area contributed by atoms with Crippen molar-refractivity contribution in [2.24, 2.45) is 0 Å². The van der Waals surface area contributed by atoms with Crippen molar-refractivity contribution in [1.82, 2.24) is 0 Å². The number of esters is 3. The van der Waals surface area contributed by atoms with Gasteiger partial charge in [-0.15, -0.1) is 0 Å². The first-order chi connectivity index (χ1) is 38.5. The van der Waals surface area contributed by atoms with Gasteiger partial charge in [-0.1, -0.05) is 264 Å². The maximum Gasteiger partial charge on any atom is 0.306 e. The number of carbonyl (C=O) groups excluding carboxylic acids is 3. The summed E-state index contributed by atoms with van der Waals surface area (Å²) < 4.78 is 16.9. The Balaban J connectivity index is 4.53. The van der Waals surface area contributed by atoms with Gasteiger partial charge in [-0.2, -0.15) is 0 Å². The van der Waals surface area contributed by atoms with Crippen LogP contribution in [0, 0.1) is 0 Å². The van der Waals surface area contributed by atoms with E-state index < -0.39 is 6.10 Å². The lowest BCUT2D eigenvalue weighted by Gasteiger charge is -2.18. The number of rotatable bonds is 57. The number of carbonyl (C=O) groups is 3. The summed E-state index contributed by atoms with van der Waals surface area (Å²) in [6.45, 7) is 6.45. The van der Waals surface area contributed by atoms with E-state index in [0.717, 1.165) is 116 Å². The van der Waals surface area contributed by atoms with Crippen LogP contribution in [0.4, 0.5) is 0 Å². The number of hydrogen-bond donors (Lipinski definition) is 0. The van der Waals surface area contributed by atoms with Crippen LogP contribution >= 0.6 is 0 Å². The highest BCUT2D eigenvalue weighted by atomic mass is 16.6. The van der Waals surface area contributed by atoms with Crippen molar-refractivity contribution < 1.29 is 28.6 Å². The maximum atomic E-state index is 12.9. The Morgan fingerprint density at radius 1 is 0.269 bits per heavy atom. The molecule has 0 aliphatic heterocycles. The summed E-state index contributed by atoms with van der Waals surface area (Å²) in [6, 6.07) is 0. The fourth-order valence-corrected chi connectivity index (χ4v) is 8.55. The van der Waals surface area contributed by atoms with Crippen LogP contribution in [0.5, 0.6) is 0 Å². The largest absolute Gasteiger partial charge is 0.462 e. The molecule has 0 saturated heterocycles. The van der Waals surface area contributed by atoms with Crippen LogP contribution in [0.15, 0.2) is 134 Å². The lowest BCUT2D eigenvalue weighted by molar-refractivity contribution is -0.167. The van der Waals surface area contributed by atoms with Crippen LogP contribution in [0.1, 0.15) is 284 Å². The Kier molecular flexibility index (Phi) is 61.4. The zero-order valence-electron chi connectivity index (χ0n) is 50.6. The number of unbranched alkanes of at least 4 members (excludes halogenated alkanes) is 24. The van der Waals surface area contributed by atoms with Crippen LogP contribution in [0.2, 0.25) is 0 Å². The first-order valence-electron chi connectivity index (χ1n) is 32.2. The molecule has 0 aromatic carbocycles. The van der Waals surface area contributed by atoms with Crippen LogP contribution in [-0.4, -0.2) is 37.2 Å². The molecule has 0 aliphatic carbocycles. The fourth-order valence-electron chi connectivity index (χ4n) is 8.55. The zero-order chi connectivity index (χ0) is 56.4. The minimum absolute atomic E-state index is 0.107. The first kappa shape index (κ1) is 73.5. The smallest absolute Gasteiger partial charge is 0.306 e. The van der Waals surface area contributed by atoms with Gasteiger partial charge in [0.2, 0.25) is 0 Å². The van der Waals surface area contributed by atoms with Gasteiger partial charge in [-0.3, -0.25) is 14.4 Å². The zero-order valence-corrected chi connectivity index (χ0v) is 50.6. The highest BCUT2D eigenvalue weighted by Gasteiger charge is 2.19. The Labute approximate surface area is 481 Å². The van der Waals surface area contributed by atoms with Crippen LogP contribution < -0.4 is 0 Å². The van der Waals surface area contributed by atoms with Crippen molar-refractivity contribution in [2.75, 3.05) is 13.2 Å². The average molecular weight is 1080 g/mol. The van der Waals surface area contributed by atoms with Crippen LogP contribution in [-0.2, 0) is 28.6 Å². The summed E-state index contributed by atoms with van der Waals surface area (Å²) in [4.78, 5) is 38.3. The standard InChI is InChI=1S/C72H118O6/c1-4-7-10-13-16-19-22-25-28-31-34-35-36-37-39-41-44-47-50-53-56-59-62-65-71(74)77-68-69(67-76-70(73)64-61-58-55-52-49-46-43-40-33-30-27-24-21-18-15-12-9-6-3)78-72(75)66-63-60-57-54-51-48-45-42-38-32-29-26-23-20-17-14-11-8-5-2/h7,10,16-17,19-20,25-26,28-30,33-35,37-39,42,44,47,53,56,69H,4-6,8-9,11-15,18,21-24,27,31-32,36,40-41,43,45-46,48-52,54-55,57-68H2,1-3H3/b10-7-,19-16-,20-17-,28-25-,29-26-,33-30-,35-34-,39-37-,42-38-,47-44-,56-53-. The quantitative estimate of drug-likeness (QED) is 0.0261. The topological polar surface area (TPSA) is 78.9 Å². The summed E-state index contributed by atoms with van der Waals surface area (Å²) in [5.41, 5.74) is 0. The van der Waals surface area contributed by atoms with E-state index in [2.05, 4.69) is 154 Å². The third kappa shape index (κ3) is 62.4. The third-order valence-electron chi connectivity index (χ3n) is 13.4. The fraction of sp³-hybridized carbons (Fsp3) is 0.653. The van der Waals surface area contributed by atoms with E-state index in [4.69, 9.17) is 14.2 Å². The van der Waals surface area contributed by atoms with Crippen molar-refractivity contribution in [1.29, 1.82) is 0 Å². The second-order valence-electron chi connectivity index (χ2n) is 20.9. The molecule has 0 rings (SSSR count). The second-order valence-corrected chi connectivity index (χ2v) is 20.9. The van der Waals surface area contributed by atoms with Gasteiger partial charge < -0.3 is 14.2 Å². The molecule has 0 aliphatic rings. The molecule has 6 nitrogen and oxygen atoms in total. The Bertz CT molecular complexity index is 1670. The van der Waals surface area contributed by atoms with E-state index in [1.807, 2.05) is 0 Å². The molecule has 1 unspecified atom stereocenters. The van der Waals surface area contributed by atoms with E-state index >= 15 is 0 Å². The third-order valence-corrected chi connectivity index (χ3v) is 13.4. The molecular weight excluding hydrogens is 961 g/mol. The molecule has 0 heterocycles. The Morgan fingerprint density at radius 3 is 0.872 bits per heavy atom. The maximum absolute atomic E-state index is 12.9. The highest BCUT2D eigenvalue weighted by Crippen LogP contribution is 2.14. The van der Waals surface area contributed by atoms with Gasteiger partial charge in [0, 0.05) is 19.3 Å². The molecule has 0 radical (unpaired) electrons. The van der Waals surface area contributed by atoms with E-state index in [9.17, 15) is 14.4 Å². The van der Waals surface area contributed by atoms with Crippen molar-refractivity contribution >= 4 is 17.9 Å². The molecule has 442 valence electrons. The van der Waals surface area contributed by atoms with Gasteiger partial charge in [0.15, 0.2) is 6.10 Å². The molecule has 0 N–H and O–H groups in total. The minimum atomic E-state index is -0.817. The lowest BCUT2D eigenvalue weighted by atomic mass is 10.1. The molecule has 6 heteroatoms. The van der Waals surface area contributed by atoms with E-state index in [1.54, 1.807) is 0 Å².